The molecular formula is C68H73BN2. The molecule has 0 bridgehead atoms. The highest BCUT2D eigenvalue weighted by molar-refractivity contribution is 7.00. The van der Waals surface area contributed by atoms with Gasteiger partial charge in [0.05, 0.1) is 5.69 Å². The second kappa shape index (κ2) is 17.0. The number of benzene rings is 8. The highest BCUT2D eigenvalue weighted by Crippen LogP contribution is 2.49. The van der Waals surface area contributed by atoms with E-state index in [1.54, 1.807) is 0 Å². The maximum Gasteiger partial charge on any atom is 0.252 e. The van der Waals surface area contributed by atoms with E-state index in [2.05, 4.69) is 284 Å². The van der Waals surface area contributed by atoms with Gasteiger partial charge in [-0.15, -0.1) is 0 Å². The molecule has 3 heteroatoms. The average Bonchev–Trinajstić information content (AvgIpc) is 3.32. The number of fused-ring (bicyclic) bond motifs is 4. The van der Waals surface area contributed by atoms with Crippen molar-refractivity contribution in [2.45, 2.75) is 131 Å². The molecule has 0 spiro atoms. The summed E-state index contributed by atoms with van der Waals surface area (Å²) in [5.41, 5.74) is 25.2. The molecule has 10 rings (SSSR count). The maximum absolute atomic E-state index is 2.61. The minimum atomic E-state index is -0.138. The lowest BCUT2D eigenvalue weighted by molar-refractivity contribution is 0.569. The SMILES string of the molecule is CC(C)(C)c1cc(-c2ccc(N3c4ccc(-c5ccccc5C(C)(C)C)cc4B4c5cc(C(C)(C)C)ccc5N(c5ccccc5-c5ccccc5)c5cc(C(C)(C)C)cc3c54)cc2)cc(C(C)(C)C)c1. The summed E-state index contributed by atoms with van der Waals surface area (Å²) in [6, 6.07) is 65.4. The van der Waals surface area contributed by atoms with E-state index in [1.807, 2.05) is 0 Å². The Morgan fingerprint density at radius 2 is 0.789 bits per heavy atom. The van der Waals surface area contributed by atoms with Crippen LogP contribution in [0.4, 0.5) is 34.1 Å². The van der Waals surface area contributed by atoms with Crippen LogP contribution in [0.25, 0.3) is 33.4 Å². The molecule has 0 N–H and O–H groups in total. The Labute approximate surface area is 426 Å². The standard InChI is InChI=1S/C68H73BN2/c1-64(2,3)48-32-36-60-57(41-48)69-56-39-46(53-25-19-21-27-55(53)68(13,14)15)31-35-59(56)70(52-33-29-44(30-34-52)47-37-49(65(4,5)6)40-50(38-47)66(7,8)9)61-42-51(67(10,11)12)43-62(63(61)69)71(60)58-28-22-20-26-54(58)45-23-17-16-18-24-45/h16-43H,1-15H3. The van der Waals surface area contributed by atoms with E-state index in [0.717, 1.165) is 5.69 Å². The van der Waals surface area contributed by atoms with Crippen molar-refractivity contribution in [3.63, 3.8) is 0 Å². The average molecular weight is 929 g/mol. The van der Waals surface area contributed by atoms with Crippen LogP contribution >= 0.6 is 0 Å². The van der Waals surface area contributed by atoms with Crippen molar-refractivity contribution in [2.24, 2.45) is 0 Å². The van der Waals surface area contributed by atoms with E-state index in [-0.39, 0.29) is 33.8 Å². The van der Waals surface area contributed by atoms with Gasteiger partial charge in [0, 0.05) is 34.0 Å². The van der Waals surface area contributed by atoms with Gasteiger partial charge in [0.1, 0.15) is 0 Å². The predicted molar refractivity (Wildman–Crippen MR) is 310 cm³/mol. The monoisotopic (exact) mass is 929 g/mol. The maximum atomic E-state index is 2.61. The molecule has 8 aromatic carbocycles. The first kappa shape index (κ1) is 48.1. The Hall–Kier alpha value is -6.58. The number of para-hydroxylation sites is 1. The zero-order chi connectivity index (χ0) is 50.6. The van der Waals surface area contributed by atoms with Crippen molar-refractivity contribution < 1.29 is 0 Å². The second-order valence-corrected chi connectivity index (χ2v) is 25.6. The highest BCUT2D eigenvalue weighted by Gasteiger charge is 2.45. The molecule has 0 atom stereocenters. The summed E-state index contributed by atoms with van der Waals surface area (Å²) in [6.07, 6.45) is 0. The van der Waals surface area contributed by atoms with Gasteiger partial charge in [0.25, 0.3) is 6.71 Å². The molecule has 2 heterocycles. The third-order valence-corrected chi connectivity index (χ3v) is 15.2. The van der Waals surface area contributed by atoms with E-state index >= 15 is 0 Å². The molecule has 0 aromatic heterocycles. The number of hydrogen-bond acceptors (Lipinski definition) is 2. The molecule has 2 aliphatic heterocycles. The van der Waals surface area contributed by atoms with Gasteiger partial charge in [-0.05, 0) is 142 Å². The molecule has 2 aliphatic rings. The Bertz CT molecular complexity index is 3290. The molecular weight excluding hydrogens is 856 g/mol. The molecule has 358 valence electrons. The van der Waals surface area contributed by atoms with Crippen molar-refractivity contribution in [2.75, 3.05) is 9.80 Å². The number of hydrogen-bond donors (Lipinski definition) is 0. The van der Waals surface area contributed by atoms with E-state index in [0.29, 0.717) is 0 Å². The molecule has 0 saturated heterocycles. The van der Waals surface area contributed by atoms with Gasteiger partial charge in [0.15, 0.2) is 0 Å². The summed E-state index contributed by atoms with van der Waals surface area (Å²) in [5, 5.41) is 0. The molecule has 0 amide bonds. The first-order chi connectivity index (χ1) is 33.4. The summed E-state index contributed by atoms with van der Waals surface area (Å²) in [6.45, 7) is 35.0. The normalized spacial score (nSPS) is 13.8. The fourth-order valence-electron chi connectivity index (χ4n) is 11.0. The molecule has 0 aliphatic carbocycles. The molecule has 2 nitrogen and oxygen atoms in total. The van der Waals surface area contributed by atoms with Crippen LogP contribution in [0, 0.1) is 0 Å². The molecule has 0 radical (unpaired) electrons. The Morgan fingerprint density at radius 3 is 1.39 bits per heavy atom. The minimum absolute atomic E-state index is 0.0230. The van der Waals surface area contributed by atoms with Gasteiger partial charge in [-0.1, -0.05) is 231 Å². The van der Waals surface area contributed by atoms with Crippen LogP contribution < -0.4 is 26.2 Å². The van der Waals surface area contributed by atoms with Gasteiger partial charge in [-0.3, -0.25) is 0 Å². The third kappa shape index (κ3) is 8.74. The van der Waals surface area contributed by atoms with Gasteiger partial charge in [-0.2, -0.15) is 0 Å². The zero-order valence-corrected chi connectivity index (χ0v) is 45.1. The van der Waals surface area contributed by atoms with Gasteiger partial charge >= 0.3 is 0 Å². The first-order valence-electron chi connectivity index (χ1n) is 26.0. The van der Waals surface area contributed by atoms with Crippen LogP contribution in [-0.2, 0) is 27.1 Å². The molecule has 0 fully saturated rings. The Morgan fingerprint density at radius 1 is 0.296 bits per heavy atom. The van der Waals surface area contributed by atoms with E-state index in [4.69, 9.17) is 0 Å². The predicted octanol–water partition coefficient (Wildman–Crippen LogP) is 17.3. The van der Waals surface area contributed by atoms with Crippen molar-refractivity contribution in [1.29, 1.82) is 0 Å². The number of nitrogens with zero attached hydrogens (tertiary/aromatic N) is 2. The summed E-state index contributed by atoms with van der Waals surface area (Å²) in [4.78, 5) is 5.20. The fraction of sp³-hybridized carbons (Fsp3) is 0.294. The zero-order valence-electron chi connectivity index (χ0n) is 45.1. The smallest absolute Gasteiger partial charge is 0.252 e. The topological polar surface area (TPSA) is 6.48 Å². The largest absolute Gasteiger partial charge is 0.311 e. The number of rotatable bonds is 5. The summed E-state index contributed by atoms with van der Waals surface area (Å²) in [7, 11) is 0. The van der Waals surface area contributed by atoms with Crippen molar-refractivity contribution in [3.05, 3.63) is 198 Å². The van der Waals surface area contributed by atoms with E-state index in [9.17, 15) is 0 Å². The lowest BCUT2D eigenvalue weighted by atomic mass is 9.33. The summed E-state index contributed by atoms with van der Waals surface area (Å²) >= 11 is 0. The van der Waals surface area contributed by atoms with Crippen LogP contribution in [0.5, 0.6) is 0 Å². The van der Waals surface area contributed by atoms with Crippen molar-refractivity contribution in [1.82, 2.24) is 0 Å². The van der Waals surface area contributed by atoms with Crippen LogP contribution in [0.3, 0.4) is 0 Å². The number of anilines is 6. The van der Waals surface area contributed by atoms with Crippen LogP contribution in [-0.4, -0.2) is 6.71 Å². The first-order valence-corrected chi connectivity index (χ1v) is 26.0. The van der Waals surface area contributed by atoms with E-state index in [1.165, 1.54) is 106 Å². The van der Waals surface area contributed by atoms with E-state index < -0.39 is 0 Å². The van der Waals surface area contributed by atoms with Gasteiger partial charge < -0.3 is 9.80 Å². The fourth-order valence-corrected chi connectivity index (χ4v) is 11.0. The van der Waals surface area contributed by atoms with Gasteiger partial charge in [-0.25, -0.2) is 0 Å². The lowest BCUT2D eigenvalue weighted by Crippen LogP contribution is -2.61. The Balaban J connectivity index is 1.29. The van der Waals surface area contributed by atoms with Gasteiger partial charge in [0.2, 0.25) is 0 Å². The van der Waals surface area contributed by atoms with Crippen LogP contribution in [0.2, 0.25) is 0 Å². The lowest BCUT2D eigenvalue weighted by Gasteiger charge is -2.46. The molecule has 0 unspecified atom stereocenters. The highest BCUT2D eigenvalue weighted by atomic mass is 15.2. The van der Waals surface area contributed by atoms with Crippen LogP contribution in [0.15, 0.2) is 170 Å². The molecule has 8 aromatic rings. The quantitative estimate of drug-likeness (QED) is 0.159. The summed E-state index contributed by atoms with van der Waals surface area (Å²) in [5.74, 6) is 0. The Kier molecular flexibility index (Phi) is 11.5. The second-order valence-electron chi connectivity index (χ2n) is 25.6. The summed E-state index contributed by atoms with van der Waals surface area (Å²) < 4.78 is 0. The van der Waals surface area contributed by atoms with Crippen molar-refractivity contribution in [3.8, 4) is 33.4 Å². The van der Waals surface area contributed by atoms with Crippen LogP contribution in [0.1, 0.15) is 132 Å². The van der Waals surface area contributed by atoms with Crippen molar-refractivity contribution >= 4 is 57.2 Å². The third-order valence-electron chi connectivity index (χ3n) is 15.2. The molecule has 71 heavy (non-hydrogen) atoms. The molecule has 0 saturated carbocycles. The minimum Gasteiger partial charge on any atom is -0.311 e.